The molecule has 0 saturated carbocycles. The molecule has 1 amide bonds. The highest BCUT2D eigenvalue weighted by Crippen LogP contribution is 2.33. The van der Waals surface area contributed by atoms with Crippen LogP contribution in [0.2, 0.25) is 0 Å². The zero-order valence-electron chi connectivity index (χ0n) is 16.2. The normalized spacial score (nSPS) is 20.1. The first kappa shape index (κ1) is 18.3. The van der Waals surface area contributed by atoms with Crippen LogP contribution < -0.4 is 16.0 Å². The van der Waals surface area contributed by atoms with E-state index in [0.29, 0.717) is 28.8 Å². The molecular weight excluding hydrogens is 322 g/mol. The van der Waals surface area contributed by atoms with Crippen molar-refractivity contribution in [2.24, 2.45) is 11.8 Å². The number of hydrogen-bond acceptors (Lipinski definition) is 3. The Morgan fingerprint density at radius 2 is 1.81 bits per heavy atom. The van der Waals surface area contributed by atoms with Crippen molar-refractivity contribution < 1.29 is 4.79 Å². The summed E-state index contributed by atoms with van der Waals surface area (Å²) >= 11 is 0. The average molecular weight is 351 g/mol. The standard InChI is InChI=1S/C22H29N3O/c1-14-6-5-7-18(9-14)22(26)24-20-11-21(17(4)10-19(20)23)25-12-15(2)8-16(3)13-25/h5-7,9-11,15-16H,8,12-13,23H2,1-4H3,(H,24,26)/t15-,16-/m0/s1. The second-order valence-corrected chi connectivity index (χ2v) is 7.90. The molecular formula is C22H29N3O. The van der Waals surface area contributed by atoms with Crippen LogP contribution in [0.3, 0.4) is 0 Å². The lowest BCUT2D eigenvalue weighted by Crippen LogP contribution is -2.39. The van der Waals surface area contributed by atoms with Crippen molar-refractivity contribution >= 4 is 23.0 Å². The smallest absolute Gasteiger partial charge is 0.255 e. The lowest BCUT2D eigenvalue weighted by molar-refractivity contribution is 0.102. The van der Waals surface area contributed by atoms with Crippen molar-refractivity contribution in [3.63, 3.8) is 0 Å². The largest absolute Gasteiger partial charge is 0.397 e. The first-order valence-electron chi connectivity index (χ1n) is 9.36. The third kappa shape index (κ3) is 4.01. The highest BCUT2D eigenvalue weighted by Gasteiger charge is 2.24. The molecule has 26 heavy (non-hydrogen) atoms. The van der Waals surface area contributed by atoms with Gasteiger partial charge in [0, 0.05) is 24.3 Å². The van der Waals surface area contributed by atoms with Crippen LogP contribution in [0.4, 0.5) is 17.1 Å². The molecule has 0 aromatic heterocycles. The van der Waals surface area contributed by atoms with Gasteiger partial charge < -0.3 is 16.0 Å². The molecule has 3 N–H and O–H groups in total. The van der Waals surface area contributed by atoms with E-state index in [-0.39, 0.29) is 5.91 Å². The van der Waals surface area contributed by atoms with Gasteiger partial charge in [-0.3, -0.25) is 4.79 Å². The number of hydrogen-bond donors (Lipinski definition) is 2. The predicted octanol–water partition coefficient (Wildman–Crippen LogP) is 4.62. The number of carbonyl (C=O) groups excluding carboxylic acids is 1. The van der Waals surface area contributed by atoms with Crippen LogP contribution in [0.15, 0.2) is 36.4 Å². The van der Waals surface area contributed by atoms with E-state index in [2.05, 4.69) is 31.0 Å². The fraction of sp³-hybridized carbons (Fsp3) is 0.409. The second kappa shape index (κ2) is 7.40. The van der Waals surface area contributed by atoms with E-state index >= 15 is 0 Å². The van der Waals surface area contributed by atoms with Gasteiger partial charge in [0.1, 0.15) is 0 Å². The van der Waals surface area contributed by atoms with Gasteiger partial charge in [0.25, 0.3) is 5.91 Å². The minimum atomic E-state index is -0.129. The zero-order chi connectivity index (χ0) is 18.8. The summed E-state index contributed by atoms with van der Waals surface area (Å²) in [5.41, 5.74) is 11.5. The van der Waals surface area contributed by atoms with E-state index in [4.69, 9.17) is 5.73 Å². The molecule has 4 heteroatoms. The third-order valence-electron chi connectivity index (χ3n) is 5.11. The molecule has 0 bridgehead atoms. The Labute approximate surface area is 156 Å². The molecule has 138 valence electrons. The van der Waals surface area contributed by atoms with Crippen molar-refractivity contribution in [3.05, 3.63) is 53.1 Å². The van der Waals surface area contributed by atoms with Crippen LogP contribution in [0, 0.1) is 25.7 Å². The zero-order valence-corrected chi connectivity index (χ0v) is 16.2. The second-order valence-electron chi connectivity index (χ2n) is 7.90. The number of amides is 1. The number of benzene rings is 2. The van der Waals surface area contributed by atoms with Crippen molar-refractivity contribution in [2.75, 3.05) is 29.0 Å². The number of nitrogens with one attached hydrogen (secondary N) is 1. The summed E-state index contributed by atoms with van der Waals surface area (Å²) in [7, 11) is 0. The van der Waals surface area contributed by atoms with Crippen LogP contribution >= 0.6 is 0 Å². The van der Waals surface area contributed by atoms with E-state index in [1.807, 2.05) is 43.3 Å². The molecule has 0 spiro atoms. The summed E-state index contributed by atoms with van der Waals surface area (Å²) in [5, 5.41) is 2.99. The number of nitrogens with zero attached hydrogens (tertiary/aromatic N) is 1. The van der Waals surface area contributed by atoms with E-state index in [9.17, 15) is 4.79 Å². The summed E-state index contributed by atoms with van der Waals surface area (Å²) in [4.78, 5) is 15.0. The topological polar surface area (TPSA) is 58.4 Å². The van der Waals surface area contributed by atoms with Gasteiger partial charge in [0.05, 0.1) is 11.4 Å². The highest BCUT2D eigenvalue weighted by atomic mass is 16.1. The monoisotopic (exact) mass is 351 g/mol. The molecule has 3 rings (SSSR count). The minimum absolute atomic E-state index is 0.129. The summed E-state index contributed by atoms with van der Waals surface area (Å²) in [6, 6.07) is 11.6. The fourth-order valence-electron chi connectivity index (χ4n) is 4.01. The van der Waals surface area contributed by atoms with Gasteiger partial charge in [-0.25, -0.2) is 0 Å². The lowest BCUT2D eigenvalue weighted by Gasteiger charge is -2.37. The number of anilines is 3. The summed E-state index contributed by atoms with van der Waals surface area (Å²) in [6.45, 7) is 10.8. The van der Waals surface area contributed by atoms with Gasteiger partial charge in [-0.1, -0.05) is 31.5 Å². The Morgan fingerprint density at radius 3 is 2.46 bits per heavy atom. The summed E-state index contributed by atoms with van der Waals surface area (Å²) < 4.78 is 0. The maximum atomic E-state index is 12.6. The van der Waals surface area contributed by atoms with Gasteiger partial charge in [0.15, 0.2) is 0 Å². The fourth-order valence-corrected chi connectivity index (χ4v) is 4.01. The molecule has 1 heterocycles. The minimum Gasteiger partial charge on any atom is -0.397 e. The molecule has 1 fully saturated rings. The van der Waals surface area contributed by atoms with Gasteiger partial charge in [-0.05, 0) is 61.9 Å². The van der Waals surface area contributed by atoms with Crippen molar-refractivity contribution in [1.29, 1.82) is 0 Å². The van der Waals surface area contributed by atoms with Crippen molar-refractivity contribution in [3.8, 4) is 0 Å². The van der Waals surface area contributed by atoms with Gasteiger partial charge in [-0.15, -0.1) is 0 Å². The number of aryl methyl sites for hydroxylation is 2. The SMILES string of the molecule is Cc1cccc(C(=O)Nc2cc(N3C[C@@H](C)C[C@H](C)C3)c(C)cc2N)c1. The van der Waals surface area contributed by atoms with Crippen LogP contribution in [0.25, 0.3) is 0 Å². The summed E-state index contributed by atoms with van der Waals surface area (Å²) in [6.07, 6.45) is 1.27. The van der Waals surface area contributed by atoms with Gasteiger partial charge in [-0.2, -0.15) is 0 Å². The Bertz CT molecular complexity index is 805. The number of carbonyl (C=O) groups is 1. The van der Waals surface area contributed by atoms with Gasteiger partial charge >= 0.3 is 0 Å². The lowest BCUT2D eigenvalue weighted by atomic mass is 9.91. The quantitative estimate of drug-likeness (QED) is 0.793. The predicted molar refractivity (Wildman–Crippen MR) is 110 cm³/mol. The summed E-state index contributed by atoms with van der Waals surface area (Å²) in [5.74, 6) is 1.21. The number of nitrogens with two attached hydrogens (primary N) is 1. The van der Waals surface area contributed by atoms with Gasteiger partial charge in [0.2, 0.25) is 0 Å². The highest BCUT2D eigenvalue weighted by molar-refractivity contribution is 6.06. The maximum absolute atomic E-state index is 12.6. The van der Waals surface area contributed by atoms with E-state index < -0.39 is 0 Å². The third-order valence-corrected chi connectivity index (χ3v) is 5.11. The molecule has 2 aromatic carbocycles. The van der Waals surface area contributed by atoms with Crippen LogP contribution in [0.5, 0.6) is 0 Å². The number of piperidine rings is 1. The molecule has 1 aliphatic rings. The molecule has 2 aromatic rings. The maximum Gasteiger partial charge on any atom is 0.255 e. The van der Waals surface area contributed by atoms with E-state index in [0.717, 1.165) is 29.9 Å². The molecule has 0 unspecified atom stereocenters. The van der Waals surface area contributed by atoms with Crippen molar-refractivity contribution in [1.82, 2.24) is 0 Å². The number of rotatable bonds is 3. The molecule has 2 atom stereocenters. The molecule has 0 aliphatic carbocycles. The Balaban J connectivity index is 1.87. The number of nitrogen functional groups attached to an aromatic ring is 1. The molecule has 4 nitrogen and oxygen atoms in total. The Morgan fingerprint density at radius 1 is 1.12 bits per heavy atom. The van der Waals surface area contributed by atoms with Crippen LogP contribution in [-0.4, -0.2) is 19.0 Å². The molecule has 1 aliphatic heterocycles. The van der Waals surface area contributed by atoms with Crippen LogP contribution in [-0.2, 0) is 0 Å². The average Bonchev–Trinajstić information content (AvgIpc) is 2.56. The van der Waals surface area contributed by atoms with Crippen molar-refractivity contribution in [2.45, 2.75) is 34.1 Å². The van der Waals surface area contributed by atoms with E-state index in [1.54, 1.807) is 0 Å². The first-order valence-corrected chi connectivity index (χ1v) is 9.36. The van der Waals surface area contributed by atoms with Crippen LogP contribution in [0.1, 0.15) is 41.8 Å². The Hall–Kier alpha value is -2.49. The first-order chi connectivity index (χ1) is 12.3. The van der Waals surface area contributed by atoms with E-state index in [1.165, 1.54) is 6.42 Å². The molecule has 1 saturated heterocycles. The molecule has 0 radical (unpaired) electrons. The Kier molecular flexibility index (Phi) is 5.21.